The van der Waals surface area contributed by atoms with Gasteiger partial charge in [0.15, 0.2) is 5.82 Å². The number of para-hydroxylation sites is 1. The van der Waals surface area contributed by atoms with Crippen LogP contribution in [0.3, 0.4) is 0 Å². The van der Waals surface area contributed by atoms with E-state index in [0.717, 1.165) is 12.2 Å². The van der Waals surface area contributed by atoms with Gasteiger partial charge in [-0.05, 0) is 24.5 Å². The molecule has 2 aliphatic rings. The predicted molar refractivity (Wildman–Crippen MR) is 74.0 cm³/mol. The topological polar surface area (TPSA) is 80.4 Å². The van der Waals surface area contributed by atoms with Crippen molar-refractivity contribution >= 4 is 0 Å². The standard InChI is InChI=1S/C15H17N3O3/c19-11-6-12(16-7-11)15-17-14(18-21-15)10-5-9-3-1-2-4-13(9)20-8-10/h1-4,10-12,16,19H,5-8H2/t10?,11-,12+/m1/s1. The highest BCUT2D eigenvalue weighted by Crippen LogP contribution is 2.32. The highest BCUT2D eigenvalue weighted by molar-refractivity contribution is 5.36. The molecular weight excluding hydrogens is 270 g/mol. The first-order valence-electron chi connectivity index (χ1n) is 7.25. The Morgan fingerprint density at radius 2 is 2.19 bits per heavy atom. The minimum atomic E-state index is -0.338. The number of fused-ring (bicyclic) bond motifs is 1. The van der Waals surface area contributed by atoms with E-state index in [9.17, 15) is 5.11 Å². The summed E-state index contributed by atoms with van der Waals surface area (Å²) in [5.41, 5.74) is 1.18. The zero-order chi connectivity index (χ0) is 14.2. The van der Waals surface area contributed by atoms with Gasteiger partial charge in [0, 0.05) is 6.54 Å². The molecule has 2 aliphatic heterocycles. The van der Waals surface area contributed by atoms with E-state index in [0.29, 0.717) is 31.3 Å². The highest BCUT2D eigenvalue weighted by Gasteiger charge is 2.30. The lowest BCUT2D eigenvalue weighted by molar-refractivity contribution is 0.191. The van der Waals surface area contributed by atoms with Crippen LogP contribution < -0.4 is 10.1 Å². The Bertz CT molecular complexity index is 643. The van der Waals surface area contributed by atoms with Crippen LogP contribution in [0, 0.1) is 0 Å². The Balaban J connectivity index is 1.52. The van der Waals surface area contributed by atoms with Gasteiger partial charge in [0.25, 0.3) is 0 Å². The monoisotopic (exact) mass is 287 g/mol. The van der Waals surface area contributed by atoms with Crippen molar-refractivity contribution in [3.63, 3.8) is 0 Å². The zero-order valence-electron chi connectivity index (χ0n) is 11.5. The molecule has 3 atom stereocenters. The van der Waals surface area contributed by atoms with Gasteiger partial charge in [0.05, 0.1) is 24.7 Å². The molecule has 1 fully saturated rings. The Labute approximate surface area is 122 Å². The highest BCUT2D eigenvalue weighted by atomic mass is 16.5. The smallest absolute Gasteiger partial charge is 0.243 e. The Kier molecular flexibility index (Phi) is 3.12. The fraction of sp³-hybridized carbons (Fsp3) is 0.467. The lowest BCUT2D eigenvalue weighted by Gasteiger charge is -2.22. The molecule has 3 heterocycles. The van der Waals surface area contributed by atoms with E-state index in [1.54, 1.807) is 0 Å². The molecule has 0 saturated carbocycles. The number of aliphatic hydroxyl groups excluding tert-OH is 1. The SMILES string of the molecule is O[C@H]1CN[C@H](c2nc(C3COc4ccccc4C3)no2)C1. The van der Waals surface area contributed by atoms with E-state index in [1.165, 1.54) is 5.56 Å². The first kappa shape index (κ1) is 12.8. The van der Waals surface area contributed by atoms with Gasteiger partial charge in [-0.15, -0.1) is 0 Å². The second kappa shape index (κ2) is 5.13. The third kappa shape index (κ3) is 2.41. The fourth-order valence-electron chi connectivity index (χ4n) is 2.95. The Hall–Kier alpha value is -1.92. The van der Waals surface area contributed by atoms with Crippen molar-refractivity contribution in [3.8, 4) is 5.75 Å². The average Bonchev–Trinajstić information content (AvgIpc) is 3.15. The molecule has 0 aliphatic carbocycles. The van der Waals surface area contributed by atoms with Crippen molar-refractivity contribution in [1.29, 1.82) is 0 Å². The molecule has 0 amide bonds. The molecule has 0 radical (unpaired) electrons. The number of aromatic nitrogens is 2. The van der Waals surface area contributed by atoms with Gasteiger partial charge in [-0.1, -0.05) is 23.4 Å². The van der Waals surface area contributed by atoms with Crippen molar-refractivity contribution in [2.75, 3.05) is 13.2 Å². The quantitative estimate of drug-likeness (QED) is 0.863. The molecule has 110 valence electrons. The molecule has 6 heteroatoms. The second-order valence-electron chi connectivity index (χ2n) is 5.66. The first-order chi connectivity index (χ1) is 10.3. The first-order valence-corrected chi connectivity index (χ1v) is 7.25. The normalized spacial score (nSPS) is 28.1. The molecule has 1 aromatic carbocycles. The van der Waals surface area contributed by atoms with E-state index in [-0.39, 0.29) is 18.1 Å². The predicted octanol–water partition coefficient (Wildman–Crippen LogP) is 1.18. The summed E-state index contributed by atoms with van der Waals surface area (Å²) < 4.78 is 11.1. The summed E-state index contributed by atoms with van der Waals surface area (Å²) >= 11 is 0. The molecule has 2 aromatic rings. The molecular formula is C15H17N3O3. The molecule has 1 saturated heterocycles. The molecule has 2 N–H and O–H groups in total. The summed E-state index contributed by atoms with van der Waals surface area (Å²) in [5, 5.41) is 16.8. The van der Waals surface area contributed by atoms with Gasteiger partial charge in [0.2, 0.25) is 5.89 Å². The summed E-state index contributed by atoms with van der Waals surface area (Å²) in [6.45, 7) is 1.14. The summed E-state index contributed by atoms with van der Waals surface area (Å²) in [4.78, 5) is 4.49. The van der Waals surface area contributed by atoms with Crippen molar-refractivity contribution in [1.82, 2.24) is 15.5 Å². The molecule has 4 rings (SSSR count). The maximum Gasteiger partial charge on any atom is 0.243 e. The molecule has 0 spiro atoms. The van der Waals surface area contributed by atoms with E-state index in [1.807, 2.05) is 18.2 Å². The van der Waals surface area contributed by atoms with Crippen LogP contribution in [0.1, 0.15) is 35.7 Å². The van der Waals surface area contributed by atoms with Crippen LogP contribution in [0.25, 0.3) is 0 Å². The largest absolute Gasteiger partial charge is 0.493 e. The van der Waals surface area contributed by atoms with Crippen LogP contribution in [0.15, 0.2) is 28.8 Å². The van der Waals surface area contributed by atoms with Crippen molar-refractivity contribution < 1.29 is 14.4 Å². The van der Waals surface area contributed by atoms with Crippen LogP contribution in [0.4, 0.5) is 0 Å². The van der Waals surface area contributed by atoms with Crippen molar-refractivity contribution in [2.24, 2.45) is 0 Å². The van der Waals surface area contributed by atoms with Crippen LogP contribution >= 0.6 is 0 Å². The summed E-state index contributed by atoms with van der Waals surface area (Å²) in [6, 6.07) is 7.99. The minimum Gasteiger partial charge on any atom is -0.493 e. The Morgan fingerprint density at radius 3 is 3.05 bits per heavy atom. The summed E-state index contributed by atoms with van der Waals surface area (Å²) in [6.07, 6.45) is 1.14. The zero-order valence-corrected chi connectivity index (χ0v) is 11.5. The van der Waals surface area contributed by atoms with Crippen molar-refractivity contribution in [2.45, 2.75) is 30.9 Å². The summed E-state index contributed by atoms with van der Waals surface area (Å²) in [5.74, 6) is 2.30. The van der Waals surface area contributed by atoms with E-state index in [2.05, 4.69) is 21.5 Å². The molecule has 6 nitrogen and oxygen atoms in total. The molecule has 0 bridgehead atoms. The number of hydrogen-bond acceptors (Lipinski definition) is 6. The maximum atomic E-state index is 9.55. The average molecular weight is 287 g/mol. The number of β-amino-alcohol motifs (C(OH)–C–C–N with tert-alkyl or cyclic N) is 1. The summed E-state index contributed by atoms with van der Waals surface area (Å²) in [7, 11) is 0. The number of ether oxygens (including phenoxy) is 1. The van der Waals surface area contributed by atoms with E-state index >= 15 is 0 Å². The van der Waals surface area contributed by atoms with Gasteiger partial charge >= 0.3 is 0 Å². The maximum absolute atomic E-state index is 9.55. The lowest BCUT2D eigenvalue weighted by Crippen LogP contribution is -2.20. The van der Waals surface area contributed by atoms with Crippen LogP contribution in [0.2, 0.25) is 0 Å². The van der Waals surface area contributed by atoms with Gasteiger partial charge in [-0.2, -0.15) is 4.98 Å². The second-order valence-corrected chi connectivity index (χ2v) is 5.66. The van der Waals surface area contributed by atoms with Gasteiger partial charge in [0.1, 0.15) is 5.75 Å². The van der Waals surface area contributed by atoms with Crippen LogP contribution in [-0.4, -0.2) is 34.5 Å². The van der Waals surface area contributed by atoms with Crippen molar-refractivity contribution in [3.05, 3.63) is 41.5 Å². The van der Waals surface area contributed by atoms with Gasteiger partial charge in [-0.3, -0.25) is 0 Å². The number of nitrogens with zero attached hydrogens (tertiary/aromatic N) is 2. The van der Waals surface area contributed by atoms with Crippen LogP contribution in [-0.2, 0) is 6.42 Å². The minimum absolute atomic E-state index is 0.0435. The van der Waals surface area contributed by atoms with Gasteiger partial charge < -0.3 is 19.7 Å². The fourth-order valence-corrected chi connectivity index (χ4v) is 2.95. The van der Waals surface area contributed by atoms with E-state index in [4.69, 9.17) is 9.26 Å². The van der Waals surface area contributed by atoms with E-state index < -0.39 is 0 Å². The van der Waals surface area contributed by atoms with Gasteiger partial charge in [-0.25, -0.2) is 0 Å². The Morgan fingerprint density at radius 1 is 1.29 bits per heavy atom. The molecule has 1 unspecified atom stereocenters. The van der Waals surface area contributed by atoms with Crippen LogP contribution in [0.5, 0.6) is 5.75 Å². The number of rotatable bonds is 2. The molecule has 21 heavy (non-hydrogen) atoms. The number of nitrogens with one attached hydrogen (secondary N) is 1. The molecule has 1 aromatic heterocycles. The number of hydrogen-bond donors (Lipinski definition) is 2. The number of benzene rings is 1. The lowest BCUT2D eigenvalue weighted by atomic mass is 9.96. The third-order valence-electron chi connectivity index (χ3n) is 4.11. The third-order valence-corrected chi connectivity index (χ3v) is 4.11. The number of aliphatic hydroxyl groups is 1.